The molecule has 7 nitrogen and oxygen atoms in total. The number of ether oxygens (including phenoxy) is 1. The van der Waals surface area contributed by atoms with Gasteiger partial charge in [0.2, 0.25) is 0 Å². The van der Waals surface area contributed by atoms with Crippen molar-refractivity contribution in [1.29, 1.82) is 0 Å². The van der Waals surface area contributed by atoms with Crippen molar-refractivity contribution < 1.29 is 9.53 Å². The molecule has 2 aromatic heterocycles. The van der Waals surface area contributed by atoms with E-state index in [2.05, 4.69) is 9.97 Å². The molecule has 0 atom stereocenters. The number of methoxy groups -OCH3 is 1. The van der Waals surface area contributed by atoms with E-state index in [9.17, 15) is 14.4 Å². The molecule has 4 rings (SSSR count). The summed E-state index contributed by atoms with van der Waals surface area (Å²) in [7, 11) is 1.33. The van der Waals surface area contributed by atoms with Gasteiger partial charge in [-0.3, -0.25) is 9.59 Å². The lowest BCUT2D eigenvalue weighted by Crippen LogP contribution is -2.28. The molecule has 0 radical (unpaired) electrons. The van der Waals surface area contributed by atoms with Crippen molar-refractivity contribution in [3.8, 4) is 5.69 Å². The summed E-state index contributed by atoms with van der Waals surface area (Å²) < 4.78 is 6.50. The molecular weight excluding hydrogens is 322 g/mol. The summed E-state index contributed by atoms with van der Waals surface area (Å²) in [6.07, 6.45) is 1.75. The quantitative estimate of drug-likeness (QED) is 0.332. The minimum absolute atomic E-state index is 0.393. The molecule has 0 amide bonds. The van der Waals surface area contributed by atoms with Crippen molar-refractivity contribution in [2.45, 2.75) is 0 Å². The summed E-state index contributed by atoms with van der Waals surface area (Å²) >= 11 is 0. The Morgan fingerprint density at radius 1 is 1.04 bits per heavy atom. The summed E-state index contributed by atoms with van der Waals surface area (Å²) in [6, 6.07) is 12.6. The molecular formula is C18H13N3O4. The van der Waals surface area contributed by atoms with Crippen molar-refractivity contribution >= 4 is 27.8 Å². The average molecular weight is 335 g/mol. The van der Waals surface area contributed by atoms with Gasteiger partial charge in [-0.15, -0.1) is 0 Å². The molecule has 2 N–H and O–H groups in total. The van der Waals surface area contributed by atoms with Gasteiger partial charge >= 0.3 is 17.1 Å². The lowest BCUT2D eigenvalue weighted by molar-refractivity contribution is 0.0591. The van der Waals surface area contributed by atoms with E-state index in [1.807, 2.05) is 24.3 Å². The minimum Gasteiger partial charge on any atom is -0.464 e. The highest BCUT2D eigenvalue weighted by molar-refractivity contribution is 6.04. The van der Waals surface area contributed by atoms with Crippen molar-refractivity contribution in [2.75, 3.05) is 7.11 Å². The molecule has 0 aliphatic carbocycles. The Hall–Kier alpha value is -3.61. The molecule has 0 fully saturated rings. The predicted molar refractivity (Wildman–Crippen MR) is 93.4 cm³/mol. The summed E-state index contributed by atoms with van der Waals surface area (Å²) in [4.78, 5) is 40.3. The first-order valence-electron chi connectivity index (χ1n) is 7.53. The number of esters is 1. The Morgan fingerprint density at radius 2 is 1.80 bits per heavy atom. The summed E-state index contributed by atoms with van der Waals surface area (Å²) in [5.41, 5.74) is 0.801. The number of rotatable bonds is 2. The van der Waals surface area contributed by atoms with Crippen LogP contribution in [0.2, 0.25) is 0 Å². The van der Waals surface area contributed by atoms with Crippen molar-refractivity contribution in [3.05, 3.63) is 75.1 Å². The van der Waals surface area contributed by atoms with Crippen LogP contribution in [0.3, 0.4) is 0 Å². The summed E-state index contributed by atoms with van der Waals surface area (Å²) in [5.74, 6) is -0.444. The zero-order valence-electron chi connectivity index (χ0n) is 13.2. The number of carbonyl (C=O) groups excluding carboxylic acids is 1. The second kappa shape index (κ2) is 5.48. The summed E-state index contributed by atoms with van der Waals surface area (Å²) in [5, 5.41) is 1.65. The van der Waals surface area contributed by atoms with E-state index < -0.39 is 17.1 Å². The van der Waals surface area contributed by atoms with Crippen LogP contribution in [-0.4, -0.2) is 27.6 Å². The molecule has 2 aromatic carbocycles. The van der Waals surface area contributed by atoms with Gasteiger partial charge in [-0.1, -0.05) is 12.1 Å². The Morgan fingerprint density at radius 3 is 2.60 bits per heavy atom. The second-order valence-corrected chi connectivity index (χ2v) is 5.56. The zero-order chi connectivity index (χ0) is 17.6. The van der Waals surface area contributed by atoms with Crippen LogP contribution in [0.25, 0.3) is 27.5 Å². The molecule has 2 heterocycles. The van der Waals surface area contributed by atoms with Crippen molar-refractivity contribution in [3.63, 3.8) is 0 Å². The van der Waals surface area contributed by atoms with E-state index in [4.69, 9.17) is 4.74 Å². The van der Waals surface area contributed by atoms with Crippen LogP contribution in [-0.2, 0) is 4.74 Å². The van der Waals surface area contributed by atoms with E-state index in [0.717, 1.165) is 16.5 Å². The number of aromatic nitrogens is 3. The lowest BCUT2D eigenvalue weighted by Gasteiger charge is -2.10. The number of H-pyrrole nitrogens is 2. The van der Waals surface area contributed by atoms with E-state index in [-0.39, 0.29) is 0 Å². The number of carbonyl (C=O) groups is 1. The van der Waals surface area contributed by atoms with Gasteiger partial charge in [0.25, 0.3) is 0 Å². The Balaban J connectivity index is 2.02. The van der Waals surface area contributed by atoms with Crippen molar-refractivity contribution in [1.82, 2.24) is 14.5 Å². The first kappa shape index (κ1) is 14.9. The monoisotopic (exact) mass is 335 g/mol. The molecule has 0 spiro atoms. The largest absolute Gasteiger partial charge is 0.464 e. The minimum atomic E-state index is -0.707. The number of hydrogen-bond donors (Lipinski definition) is 2. The fraction of sp³-hybridized carbons (Fsp3) is 0.0556. The Labute approximate surface area is 140 Å². The van der Waals surface area contributed by atoms with Gasteiger partial charge in [0, 0.05) is 17.3 Å². The molecule has 0 aliphatic rings. The topological polar surface area (TPSA) is 96.9 Å². The van der Waals surface area contributed by atoms with Gasteiger partial charge in [0.15, 0.2) is 0 Å². The predicted octanol–water partition coefficient (Wildman–Crippen LogP) is 1.95. The zero-order valence-corrected chi connectivity index (χ0v) is 13.2. The smallest absolute Gasteiger partial charge is 0.355 e. The van der Waals surface area contributed by atoms with Gasteiger partial charge in [0.1, 0.15) is 5.69 Å². The number of aromatic amines is 2. The molecule has 124 valence electrons. The highest BCUT2D eigenvalue weighted by Crippen LogP contribution is 2.25. The van der Waals surface area contributed by atoms with Gasteiger partial charge in [0.05, 0.1) is 18.1 Å². The number of nitrogens with zero attached hydrogens (tertiary/aromatic N) is 1. The van der Waals surface area contributed by atoms with Crippen molar-refractivity contribution in [2.24, 2.45) is 0 Å². The third kappa shape index (κ3) is 2.33. The van der Waals surface area contributed by atoms with Crippen LogP contribution in [0.1, 0.15) is 10.5 Å². The van der Waals surface area contributed by atoms with Crippen LogP contribution >= 0.6 is 0 Å². The fourth-order valence-corrected chi connectivity index (χ4v) is 2.92. The maximum Gasteiger partial charge on any atom is 0.355 e. The third-order valence-corrected chi connectivity index (χ3v) is 4.12. The Bertz CT molecular complexity index is 1250. The van der Waals surface area contributed by atoms with Crippen LogP contribution in [0.5, 0.6) is 0 Å². The van der Waals surface area contributed by atoms with Gasteiger partial charge in [-0.05, 0) is 35.7 Å². The molecule has 25 heavy (non-hydrogen) atoms. The van der Waals surface area contributed by atoms with Gasteiger partial charge < -0.3 is 19.3 Å². The number of fused-ring (bicyclic) bond motifs is 3. The molecule has 0 aliphatic heterocycles. The standard InChI is InChI=1S/C18H13N3O4/c1-25-18(24)14-3-2-8-21(14)11-6-4-10-5-7-13-15(12(10)9-11)20-17(23)16(22)19-13/h2-9H,1H3,(H,19,22)(H,20,23). The Kier molecular flexibility index (Phi) is 3.28. The highest BCUT2D eigenvalue weighted by atomic mass is 16.5. The summed E-state index contributed by atoms with van der Waals surface area (Å²) in [6.45, 7) is 0. The van der Waals surface area contributed by atoms with Crippen LogP contribution in [0.4, 0.5) is 0 Å². The first-order chi connectivity index (χ1) is 12.1. The molecule has 7 heteroatoms. The van der Waals surface area contributed by atoms with E-state index in [1.165, 1.54) is 7.11 Å². The molecule has 0 bridgehead atoms. The first-order valence-corrected chi connectivity index (χ1v) is 7.53. The van der Waals surface area contributed by atoms with Crippen LogP contribution < -0.4 is 11.1 Å². The molecule has 0 saturated carbocycles. The fourth-order valence-electron chi connectivity index (χ4n) is 2.92. The normalized spacial score (nSPS) is 11.1. The van der Waals surface area contributed by atoms with E-state index >= 15 is 0 Å². The van der Waals surface area contributed by atoms with Crippen LogP contribution in [0, 0.1) is 0 Å². The second-order valence-electron chi connectivity index (χ2n) is 5.56. The average Bonchev–Trinajstić information content (AvgIpc) is 3.11. The van der Waals surface area contributed by atoms with E-state index in [0.29, 0.717) is 16.7 Å². The number of benzene rings is 2. The SMILES string of the molecule is COC(=O)c1cccn1-c1ccc2ccc3[nH]c(=O)c(=O)[nH]c3c2c1. The number of nitrogens with one attached hydrogen (secondary N) is 2. The maximum atomic E-state index is 11.9. The highest BCUT2D eigenvalue weighted by Gasteiger charge is 2.13. The third-order valence-electron chi connectivity index (χ3n) is 4.12. The van der Waals surface area contributed by atoms with E-state index in [1.54, 1.807) is 29.0 Å². The molecule has 0 saturated heterocycles. The molecule has 4 aromatic rings. The lowest BCUT2D eigenvalue weighted by atomic mass is 10.1. The van der Waals surface area contributed by atoms with Gasteiger partial charge in [-0.2, -0.15) is 0 Å². The molecule has 0 unspecified atom stereocenters. The number of hydrogen-bond acceptors (Lipinski definition) is 4. The maximum absolute atomic E-state index is 11.9. The van der Waals surface area contributed by atoms with Crippen LogP contribution in [0.15, 0.2) is 58.3 Å². The van der Waals surface area contributed by atoms with Gasteiger partial charge in [-0.25, -0.2) is 4.79 Å².